The molecule has 2 unspecified atom stereocenters. The highest BCUT2D eigenvalue weighted by Crippen LogP contribution is 2.57. The maximum atomic E-state index is 5.34. The Morgan fingerprint density at radius 2 is 0.489 bits per heavy atom. The lowest BCUT2D eigenvalue weighted by Gasteiger charge is -2.42. The molecular weight excluding hydrogens is 1150 g/mol. The molecule has 8 nitrogen and oxygen atoms in total. The third-order valence-electron chi connectivity index (χ3n) is 19.2. The second-order valence-corrected chi connectivity index (χ2v) is 24.5. The molecule has 13 aromatic carbocycles. The third kappa shape index (κ3) is 8.61. The quantitative estimate of drug-likeness (QED) is 0.136. The average Bonchev–Trinajstić information content (AvgIpc) is 0.974. The highest BCUT2D eigenvalue weighted by atomic mass is 15.0. The van der Waals surface area contributed by atoms with Gasteiger partial charge in [0, 0.05) is 78.1 Å². The van der Waals surface area contributed by atoms with Gasteiger partial charge in [-0.1, -0.05) is 255 Å². The number of hydrogen-bond acceptors (Lipinski definition) is 6. The molecule has 0 amide bonds. The second-order valence-electron chi connectivity index (χ2n) is 24.5. The second kappa shape index (κ2) is 21.6. The molecular formula is C86H54N8. The predicted molar refractivity (Wildman–Crippen MR) is 380 cm³/mol. The van der Waals surface area contributed by atoms with Crippen LogP contribution < -0.4 is 0 Å². The zero-order valence-corrected chi connectivity index (χ0v) is 50.8. The maximum Gasteiger partial charge on any atom is 0.164 e. The van der Waals surface area contributed by atoms with Gasteiger partial charge in [-0.15, -0.1) is 0 Å². The van der Waals surface area contributed by atoms with Gasteiger partial charge in [-0.3, -0.25) is 0 Å². The van der Waals surface area contributed by atoms with E-state index in [0.717, 1.165) is 55.9 Å². The van der Waals surface area contributed by atoms with Gasteiger partial charge in [-0.2, -0.15) is 0 Å². The number of fused-ring (bicyclic) bond motifs is 6. The fourth-order valence-electron chi connectivity index (χ4n) is 15.0. The van der Waals surface area contributed by atoms with Gasteiger partial charge >= 0.3 is 0 Å². The minimum atomic E-state index is -0.0260. The first-order valence-corrected chi connectivity index (χ1v) is 32.0. The van der Waals surface area contributed by atoms with Crippen molar-refractivity contribution in [2.45, 2.75) is 11.8 Å². The van der Waals surface area contributed by atoms with Crippen molar-refractivity contribution in [3.8, 4) is 102 Å². The number of nitrogens with zero attached hydrogens (tertiary/aromatic N) is 8. The van der Waals surface area contributed by atoms with E-state index in [1.54, 1.807) is 0 Å². The lowest BCUT2D eigenvalue weighted by atomic mass is 9.61. The van der Waals surface area contributed by atoms with Crippen molar-refractivity contribution in [1.82, 2.24) is 39.0 Å². The van der Waals surface area contributed by atoms with Crippen molar-refractivity contribution in [2.75, 3.05) is 0 Å². The SMILES string of the molecule is c1ccc(-c2nc(-c3ccc(-c4cccc5c4c4ccccc4n5-c4ccccc4)cc3)nc(-c3ccc4c(c3)C3c5ccccc5C4c4cc(-c5nc(-c6ccccc6)nc(-c6ccc(-c7cccc8c7c7ccccc7n8-c7ccccc7)cc6)n5)ccc43)n2)cc1. The highest BCUT2D eigenvalue weighted by molar-refractivity contribution is 6.17. The van der Waals surface area contributed by atoms with Gasteiger partial charge in [-0.25, -0.2) is 29.9 Å². The average molecular weight is 1200 g/mol. The standard InChI is InChI=1S/C86H54N8/c1-5-21-55(22-6-1)81-87-83(57-43-39-53(40-44-57)63-33-19-37-75-79(63)69-31-15-17-35-73(69)93(75)61-25-9-3-10-26-61)91-85(89-81)59-47-49-67-71(51-59)77-65-29-13-14-30-66(65)78(67)72-52-60(48-50-68(72)77)86-90-82(56-23-7-2-8-24-56)88-84(92-86)58-45-41-54(42-46-58)64-34-20-38-76-80(64)70-32-16-18-36-74(70)94(76)62-27-11-4-12-28-62/h1-52,77-78H. The van der Waals surface area contributed by atoms with Crippen LogP contribution in [0.15, 0.2) is 315 Å². The summed E-state index contributed by atoms with van der Waals surface area (Å²) < 4.78 is 4.73. The Balaban J connectivity index is 0.681. The summed E-state index contributed by atoms with van der Waals surface area (Å²) in [5, 5.41) is 4.87. The fourth-order valence-corrected chi connectivity index (χ4v) is 15.0. The van der Waals surface area contributed by atoms with Crippen LogP contribution in [0.4, 0.5) is 0 Å². The lowest BCUT2D eigenvalue weighted by molar-refractivity contribution is 0.754. The van der Waals surface area contributed by atoms with Crippen molar-refractivity contribution < 1.29 is 0 Å². The summed E-state index contributed by atoms with van der Waals surface area (Å²) in [6.45, 7) is 0. The third-order valence-corrected chi connectivity index (χ3v) is 19.2. The van der Waals surface area contributed by atoms with Crippen molar-refractivity contribution in [3.05, 3.63) is 349 Å². The van der Waals surface area contributed by atoms with Crippen molar-refractivity contribution >= 4 is 43.6 Å². The van der Waals surface area contributed by atoms with E-state index < -0.39 is 0 Å². The molecule has 17 aromatic rings. The molecule has 20 rings (SSSR count). The molecule has 0 N–H and O–H groups in total. The minimum absolute atomic E-state index is 0.0260. The van der Waals surface area contributed by atoms with E-state index in [0.29, 0.717) is 34.9 Å². The largest absolute Gasteiger partial charge is 0.309 e. The molecule has 0 fully saturated rings. The van der Waals surface area contributed by atoms with E-state index in [4.69, 9.17) is 29.9 Å². The van der Waals surface area contributed by atoms with Crippen LogP contribution in [0.2, 0.25) is 0 Å². The summed E-state index contributed by atoms with van der Waals surface area (Å²) >= 11 is 0. The van der Waals surface area contributed by atoms with Crippen LogP contribution in [0.5, 0.6) is 0 Å². The number of hydrogen-bond donors (Lipinski definition) is 0. The molecule has 0 aliphatic heterocycles. The smallest absolute Gasteiger partial charge is 0.164 e. The molecule has 0 spiro atoms. The molecule has 4 heterocycles. The summed E-state index contributed by atoms with van der Waals surface area (Å²) in [5.41, 5.74) is 24.8. The van der Waals surface area contributed by atoms with Gasteiger partial charge in [0.05, 0.1) is 22.1 Å². The molecule has 3 aliphatic carbocycles. The Kier molecular flexibility index (Phi) is 12.2. The Hall–Kier alpha value is -12.5. The Morgan fingerprint density at radius 1 is 0.202 bits per heavy atom. The fraction of sp³-hybridized carbons (Fsp3) is 0.0233. The number of para-hydroxylation sites is 4. The molecule has 0 radical (unpaired) electrons. The summed E-state index contributed by atoms with van der Waals surface area (Å²) in [6, 6.07) is 112. The van der Waals surface area contributed by atoms with E-state index >= 15 is 0 Å². The normalized spacial score (nSPS) is 13.7. The van der Waals surface area contributed by atoms with Crippen LogP contribution in [0, 0.1) is 0 Å². The van der Waals surface area contributed by atoms with E-state index in [1.165, 1.54) is 88.1 Å². The van der Waals surface area contributed by atoms with Crippen LogP contribution in [0.3, 0.4) is 0 Å². The molecule has 4 aromatic heterocycles. The summed E-state index contributed by atoms with van der Waals surface area (Å²) in [6.07, 6.45) is 0. The van der Waals surface area contributed by atoms with E-state index in [-0.39, 0.29) is 11.8 Å². The van der Waals surface area contributed by atoms with E-state index in [2.05, 4.69) is 288 Å². The number of benzene rings is 13. The molecule has 2 bridgehead atoms. The molecule has 2 atom stereocenters. The minimum Gasteiger partial charge on any atom is -0.309 e. The van der Waals surface area contributed by atoms with Crippen LogP contribution >= 0.6 is 0 Å². The van der Waals surface area contributed by atoms with Crippen LogP contribution in [-0.4, -0.2) is 39.0 Å². The zero-order valence-electron chi connectivity index (χ0n) is 50.8. The first kappa shape index (κ1) is 53.3. The maximum absolute atomic E-state index is 5.34. The van der Waals surface area contributed by atoms with Gasteiger partial charge in [0.1, 0.15) is 0 Å². The Labute approximate surface area is 542 Å². The van der Waals surface area contributed by atoms with Gasteiger partial charge in [0.15, 0.2) is 34.9 Å². The first-order valence-electron chi connectivity index (χ1n) is 32.0. The Morgan fingerprint density at radius 3 is 0.883 bits per heavy atom. The lowest BCUT2D eigenvalue weighted by Crippen LogP contribution is -2.27. The van der Waals surface area contributed by atoms with E-state index in [9.17, 15) is 0 Å². The van der Waals surface area contributed by atoms with Gasteiger partial charge in [0.25, 0.3) is 0 Å². The summed E-state index contributed by atoms with van der Waals surface area (Å²) in [5.74, 6) is 3.67. The topological polar surface area (TPSA) is 87.2 Å². The van der Waals surface area contributed by atoms with Crippen molar-refractivity contribution in [3.63, 3.8) is 0 Å². The van der Waals surface area contributed by atoms with Gasteiger partial charge in [0.2, 0.25) is 0 Å². The van der Waals surface area contributed by atoms with Crippen LogP contribution in [-0.2, 0) is 0 Å². The van der Waals surface area contributed by atoms with E-state index in [1.807, 2.05) is 36.4 Å². The highest BCUT2D eigenvalue weighted by Gasteiger charge is 2.42. The molecule has 0 saturated heterocycles. The molecule has 94 heavy (non-hydrogen) atoms. The van der Waals surface area contributed by atoms with Crippen LogP contribution in [0.25, 0.3) is 146 Å². The Bertz CT molecular complexity index is 5480. The number of aromatic nitrogens is 8. The van der Waals surface area contributed by atoms with Crippen LogP contribution in [0.1, 0.15) is 45.2 Å². The van der Waals surface area contributed by atoms with Gasteiger partial charge < -0.3 is 9.13 Å². The summed E-state index contributed by atoms with van der Waals surface area (Å²) in [4.78, 5) is 31.6. The monoisotopic (exact) mass is 1200 g/mol. The van der Waals surface area contributed by atoms with Crippen molar-refractivity contribution in [1.29, 1.82) is 0 Å². The predicted octanol–water partition coefficient (Wildman–Crippen LogP) is 20.6. The molecule has 0 saturated carbocycles. The van der Waals surface area contributed by atoms with Crippen molar-refractivity contribution in [2.24, 2.45) is 0 Å². The summed E-state index contributed by atoms with van der Waals surface area (Å²) in [7, 11) is 0. The zero-order chi connectivity index (χ0) is 61.8. The molecule has 3 aliphatic rings. The first-order chi connectivity index (χ1) is 46.6. The molecule has 8 heteroatoms. The molecule has 438 valence electrons. The number of rotatable bonds is 10. The van der Waals surface area contributed by atoms with Gasteiger partial charge in [-0.05, 0) is 116 Å².